The van der Waals surface area contributed by atoms with Crippen molar-refractivity contribution in [3.8, 4) is 0 Å². The van der Waals surface area contributed by atoms with E-state index in [2.05, 4.69) is 32.7 Å². The van der Waals surface area contributed by atoms with Crippen molar-refractivity contribution in [2.24, 2.45) is 0 Å². The van der Waals surface area contributed by atoms with Gasteiger partial charge in [0.15, 0.2) is 0 Å². The molecule has 2 rings (SSSR count). The molecule has 1 aromatic heterocycles. The Balaban J connectivity index is 2.07. The molecule has 4 heteroatoms. The molecule has 2 aromatic rings. The van der Waals surface area contributed by atoms with E-state index >= 15 is 0 Å². The molecule has 2 nitrogen and oxygen atoms in total. The molecule has 0 radical (unpaired) electrons. The van der Waals surface area contributed by atoms with Gasteiger partial charge in [-0.15, -0.1) is 11.3 Å². The second kappa shape index (κ2) is 4.68. The van der Waals surface area contributed by atoms with E-state index in [9.17, 15) is 0 Å². The largest absolute Gasteiger partial charge is 0.397 e. The lowest BCUT2D eigenvalue weighted by atomic mass is 10.2. The summed E-state index contributed by atoms with van der Waals surface area (Å²) in [6.45, 7) is 0.818. The van der Waals surface area contributed by atoms with Crippen LogP contribution in [0.2, 0.25) is 0 Å². The third-order valence-corrected chi connectivity index (χ3v) is 3.42. The minimum absolute atomic E-state index is 0.773. The summed E-state index contributed by atoms with van der Waals surface area (Å²) < 4.78 is 1.03. The van der Waals surface area contributed by atoms with Gasteiger partial charge in [0.2, 0.25) is 0 Å². The van der Waals surface area contributed by atoms with E-state index in [1.807, 2.05) is 24.3 Å². The van der Waals surface area contributed by atoms with Crippen molar-refractivity contribution < 1.29 is 0 Å². The highest BCUT2D eigenvalue weighted by Crippen LogP contribution is 2.24. The minimum Gasteiger partial charge on any atom is -0.397 e. The van der Waals surface area contributed by atoms with Crippen molar-refractivity contribution in [2.75, 3.05) is 11.1 Å². The number of thiophene rings is 1. The molecule has 0 spiro atoms. The summed E-state index contributed by atoms with van der Waals surface area (Å²) in [6.07, 6.45) is 0. The van der Waals surface area contributed by atoms with E-state index in [0.29, 0.717) is 0 Å². The van der Waals surface area contributed by atoms with Gasteiger partial charge >= 0.3 is 0 Å². The monoisotopic (exact) mass is 282 g/mol. The minimum atomic E-state index is 0.773. The number of nitrogens with one attached hydrogen (secondary N) is 1. The zero-order chi connectivity index (χ0) is 10.7. The van der Waals surface area contributed by atoms with Gasteiger partial charge < -0.3 is 11.1 Å². The molecule has 15 heavy (non-hydrogen) atoms. The molecule has 0 fully saturated rings. The fraction of sp³-hybridized carbons (Fsp3) is 0.0909. The van der Waals surface area contributed by atoms with Crippen molar-refractivity contribution in [3.63, 3.8) is 0 Å². The first-order chi connectivity index (χ1) is 7.25. The number of hydrogen-bond acceptors (Lipinski definition) is 3. The second-order valence-corrected chi connectivity index (χ2v) is 5.11. The molecule has 1 aromatic carbocycles. The van der Waals surface area contributed by atoms with Crippen LogP contribution in [0.5, 0.6) is 0 Å². The Hall–Kier alpha value is -1.00. The number of rotatable bonds is 3. The first kappa shape index (κ1) is 10.5. The Morgan fingerprint density at radius 3 is 2.93 bits per heavy atom. The summed E-state index contributed by atoms with van der Waals surface area (Å²) in [5.41, 5.74) is 7.59. The van der Waals surface area contributed by atoms with Crippen LogP contribution in [0.1, 0.15) is 4.88 Å². The smallest absolute Gasteiger partial charge is 0.0588 e. The molecule has 0 aliphatic heterocycles. The van der Waals surface area contributed by atoms with Gasteiger partial charge in [-0.1, -0.05) is 22.0 Å². The van der Waals surface area contributed by atoms with Crippen molar-refractivity contribution in [1.82, 2.24) is 0 Å². The Morgan fingerprint density at radius 1 is 1.33 bits per heavy atom. The molecule has 78 valence electrons. The zero-order valence-electron chi connectivity index (χ0n) is 8.03. The SMILES string of the molecule is Nc1ccc(Br)cc1NCc1cccs1. The van der Waals surface area contributed by atoms with Gasteiger partial charge in [-0.3, -0.25) is 0 Å². The Labute approximate surface area is 101 Å². The topological polar surface area (TPSA) is 38.0 Å². The number of nitrogens with two attached hydrogens (primary N) is 1. The number of anilines is 2. The van der Waals surface area contributed by atoms with Crippen LogP contribution in [0.25, 0.3) is 0 Å². The fourth-order valence-corrected chi connectivity index (χ4v) is 2.28. The molecular formula is C11H11BrN2S. The Kier molecular flexibility index (Phi) is 3.28. The van der Waals surface area contributed by atoms with Gasteiger partial charge in [0.05, 0.1) is 11.4 Å². The predicted molar refractivity (Wildman–Crippen MR) is 70.2 cm³/mol. The van der Waals surface area contributed by atoms with Crippen LogP contribution in [-0.2, 0) is 6.54 Å². The quantitative estimate of drug-likeness (QED) is 0.843. The molecule has 0 saturated heterocycles. The van der Waals surface area contributed by atoms with Gasteiger partial charge in [-0.25, -0.2) is 0 Å². The van der Waals surface area contributed by atoms with Crippen molar-refractivity contribution in [3.05, 3.63) is 45.1 Å². The Bertz CT molecular complexity index is 440. The van der Waals surface area contributed by atoms with E-state index in [0.717, 1.165) is 22.4 Å². The third kappa shape index (κ3) is 2.73. The van der Waals surface area contributed by atoms with Crippen LogP contribution in [-0.4, -0.2) is 0 Å². The van der Waals surface area contributed by atoms with Crippen LogP contribution in [0, 0.1) is 0 Å². The van der Waals surface area contributed by atoms with Gasteiger partial charge in [0.25, 0.3) is 0 Å². The van der Waals surface area contributed by atoms with Crippen LogP contribution in [0.15, 0.2) is 40.2 Å². The number of nitrogen functional groups attached to an aromatic ring is 1. The number of halogens is 1. The highest BCUT2D eigenvalue weighted by molar-refractivity contribution is 9.10. The maximum Gasteiger partial charge on any atom is 0.0588 e. The molecule has 0 aliphatic rings. The van der Waals surface area contributed by atoms with Crippen molar-refractivity contribution >= 4 is 38.6 Å². The van der Waals surface area contributed by atoms with Gasteiger partial charge in [-0.2, -0.15) is 0 Å². The third-order valence-electron chi connectivity index (χ3n) is 2.05. The van der Waals surface area contributed by atoms with Crippen LogP contribution < -0.4 is 11.1 Å². The summed E-state index contributed by atoms with van der Waals surface area (Å²) in [6, 6.07) is 9.97. The van der Waals surface area contributed by atoms with Crippen LogP contribution in [0.4, 0.5) is 11.4 Å². The summed E-state index contributed by atoms with van der Waals surface area (Å²) in [5, 5.41) is 5.38. The first-order valence-corrected chi connectivity index (χ1v) is 6.24. The molecule has 0 unspecified atom stereocenters. The van der Waals surface area contributed by atoms with Crippen LogP contribution in [0.3, 0.4) is 0 Å². The first-order valence-electron chi connectivity index (χ1n) is 4.57. The molecule has 0 saturated carbocycles. The van der Waals surface area contributed by atoms with E-state index < -0.39 is 0 Å². The number of benzene rings is 1. The molecule has 0 bridgehead atoms. The maximum absolute atomic E-state index is 5.85. The lowest BCUT2D eigenvalue weighted by Crippen LogP contribution is -2.00. The predicted octanol–water partition coefficient (Wildman–Crippen LogP) is 3.70. The number of hydrogen-bond donors (Lipinski definition) is 2. The van der Waals surface area contributed by atoms with E-state index in [4.69, 9.17) is 5.73 Å². The molecule has 0 atom stereocenters. The van der Waals surface area contributed by atoms with Crippen molar-refractivity contribution in [1.29, 1.82) is 0 Å². The van der Waals surface area contributed by atoms with E-state index in [1.165, 1.54) is 4.88 Å². The van der Waals surface area contributed by atoms with E-state index in [-0.39, 0.29) is 0 Å². The lowest BCUT2D eigenvalue weighted by molar-refractivity contribution is 1.19. The van der Waals surface area contributed by atoms with Gasteiger partial charge in [-0.05, 0) is 29.6 Å². The molecule has 1 heterocycles. The molecule has 3 N–H and O–H groups in total. The van der Waals surface area contributed by atoms with Gasteiger partial charge in [0, 0.05) is 15.9 Å². The average Bonchev–Trinajstić information content (AvgIpc) is 2.72. The lowest BCUT2D eigenvalue weighted by Gasteiger charge is -2.08. The second-order valence-electron chi connectivity index (χ2n) is 3.16. The van der Waals surface area contributed by atoms with Crippen molar-refractivity contribution in [2.45, 2.75) is 6.54 Å². The average molecular weight is 283 g/mol. The summed E-state index contributed by atoms with van der Waals surface area (Å²) in [7, 11) is 0. The summed E-state index contributed by atoms with van der Waals surface area (Å²) in [4.78, 5) is 1.30. The Morgan fingerprint density at radius 2 is 2.20 bits per heavy atom. The molecular weight excluding hydrogens is 272 g/mol. The molecule has 0 aliphatic carbocycles. The van der Waals surface area contributed by atoms with Gasteiger partial charge in [0.1, 0.15) is 0 Å². The standard InChI is InChI=1S/C11H11BrN2S/c12-8-3-4-10(13)11(6-8)14-7-9-2-1-5-15-9/h1-6,14H,7,13H2. The fourth-order valence-electron chi connectivity index (χ4n) is 1.28. The van der Waals surface area contributed by atoms with Crippen LogP contribution >= 0.6 is 27.3 Å². The summed E-state index contributed by atoms with van der Waals surface area (Å²) >= 11 is 5.16. The summed E-state index contributed by atoms with van der Waals surface area (Å²) in [5.74, 6) is 0. The maximum atomic E-state index is 5.85. The zero-order valence-corrected chi connectivity index (χ0v) is 10.4. The normalized spacial score (nSPS) is 10.2. The highest BCUT2D eigenvalue weighted by Gasteiger charge is 2.00. The van der Waals surface area contributed by atoms with E-state index in [1.54, 1.807) is 11.3 Å². The molecule has 0 amide bonds. The highest BCUT2D eigenvalue weighted by atomic mass is 79.9.